The molecule has 10 heteroatoms. The van der Waals surface area contributed by atoms with Crippen LogP contribution in [0.1, 0.15) is 65.2 Å². The normalized spacial score (nSPS) is 17.8. The number of imidazole rings is 1. The van der Waals surface area contributed by atoms with Gasteiger partial charge >= 0.3 is 5.97 Å². The Morgan fingerprint density at radius 2 is 1.93 bits per heavy atom. The number of ether oxygens (including phenoxy) is 2. The zero-order valence-electron chi connectivity index (χ0n) is 24.4. The van der Waals surface area contributed by atoms with Gasteiger partial charge in [0.1, 0.15) is 12.4 Å². The number of piperidine rings is 1. The molecule has 2 aliphatic rings. The molecule has 1 N–H and O–H groups in total. The number of aromatic carboxylic acids is 1. The van der Waals surface area contributed by atoms with E-state index in [9.17, 15) is 9.90 Å². The number of nitrogens with zero attached hydrogens (tertiary/aromatic N) is 6. The van der Waals surface area contributed by atoms with Gasteiger partial charge < -0.3 is 19.1 Å². The number of carboxylic acids is 1. The van der Waals surface area contributed by atoms with E-state index in [-0.39, 0.29) is 11.7 Å². The predicted octanol–water partition coefficient (Wildman–Crippen LogP) is 5.09. The standard InChI is InChI=1S/C33H36N6O4/c1-2-25-17-26-8-6-22(18-39(26)36-25)21-43-32-5-3-4-28(35-32)23-10-13-37(14-11-23)20-31-34-29-9-7-24(33(40)41)16-30(29)38(31)19-27-12-15-42-27/h3-9,16-18,23,27H,2,10-15,19-21H2,1H3,(H,40,41)/t27-/m0/s1. The molecule has 1 atom stereocenters. The van der Waals surface area contributed by atoms with E-state index in [0.717, 1.165) is 84.7 Å². The van der Waals surface area contributed by atoms with Gasteiger partial charge in [-0.15, -0.1) is 0 Å². The van der Waals surface area contributed by atoms with Crippen molar-refractivity contribution in [3.63, 3.8) is 0 Å². The zero-order chi connectivity index (χ0) is 29.3. The van der Waals surface area contributed by atoms with Crippen LogP contribution in [0.4, 0.5) is 0 Å². The first-order chi connectivity index (χ1) is 21.0. The van der Waals surface area contributed by atoms with Crippen molar-refractivity contribution in [3.05, 3.63) is 89.1 Å². The van der Waals surface area contributed by atoms with Crippen molar-refractivity contribution in [2.24, 2.45) is 0 Å². The molecule has 0 amide bonds. The van der Waals surface area contributed by atoms with Crippen LogP contribution in [0.3, 0.4) is 0 Å². The lowest BCUT2D eigenvalue weighted by Gasteiger charge is -2.32. The molecule has 1 aromatic carbocycles. The molecule has 0 spiro atoms. The van der Waals surface area contributed by atoms with Gasteiger partial charge in [0.05, 0.1) is 47.0 Å². The van der Waals surface area contributed by atoms with E-state index in [1.165, 1.54) is 0 Å². The van der Waals surface area contributed by atoms with Crippen molar-refractivity contribution in [3.8, 4) is 5.88 Å². The van der Waals surface area contributed by atoms with E-state index < -0.39 is 5.97 Å². The molecular formula is C33H36N6O4. The molecule has 10 nitrogen and oxygen atoms in total. The van der Waals surface area contributed by atoms with Crippen molar-refractivity contribution >= 4 is 22.5 Å². The van der Waals surface area contributed by atoms with E-state index in [1.54, 1.807) is 12.1 Å². The molecule has 43 heavy (non-hydrogen) atoms. The number of rotatable bonds is 10. The molecule has 0 aliphatic carbocycles. The Labute approximate surface area is 249 Å². The number of aryl methyl sites for hydroxylation is 1. The fourth-order valence-electron chi connectivity index (χ4n) is 6.09. The quantitative estimate of drug-likeness (QED) is 0.244. The van der Waals surface area contributed by atoms with Crippen LogP contribution in [0.2, 0.25) is 0 Å². The van der Waals surface area contributed by atoms with Crippen molar-refractivity contribution in [1.82, 2.24) is 29.0 Å². The maximum absolute atomic E-state index is 11.6. The fraction of sp³-hybridized carbons (Fsp3) is 0.394. The third-order valence-electron chi connectivity index (χ3n) is 8.69. The third-order valence-corrected chi connectivity index (χ3v) is 8.69. The molecule has 7 rings (SSSR count). The van der Waals surface area contributed by atoms with Crippen LogP contribution in [-0.4, -0.2) is 65.9 Å². The van der Waals surface area contributed by atoms with Gasteiger partial charge in [0.25, 0.3) is 0 Å². The van der Waals surface area contributed by atoms with Crippen LogP contribution < -0.4 is 4.74 Å². The summed E-state index contributed by atoms with van der Waals surface area (Å²) in [6.07, 6.45) is 6.10. The number of carbonyl (C=O) groups is 1. The van der Waals surface area contributed by atoms with Crippen LogP contribution in [0.25, 0.3) is 16.6 Å². The Kier molecular flexibility index (Phi) is 7.54. The largest absolute Gasteiger partial charge is 0.478 e. The van der Waals surface area contributed by atoms with Crippen LogP contribution in [-0.2, 0) is 30.9 Å². The number of fused-ring (bicyclic) bond motifs is 2. The zero-order valence-corrected chi connectivity index (χ0v) is 24.4. The lowest BCUT2D eigenvalue weighted by molar-refractivity contribution is -0.0592. The molecule has 6 heterocycles. The number of carboxylic acid groups (broad SMARTS) is 1. The van der Waals surface area contributed by atoms with Crippen LogP contribution in [0, 0.1) is 0 Å². The highest BCUT2D eigenvalue weighted by molar-refractivity contribution is 5.92. The summed E-state index contributed by atoms with van der Waals surface area (Å²) in [5.74, 6) is 1.04. The molecule has 2 fully saturated rings. The molecule has 222 valence electrons. The Hall–Kier alpha value is -4.28. The SMILES string of the molecule is CCc1cc2ccc(COc3cccc(C4CCN(Cc5nc6ccc(C(=O)O)cc6n5C[C@@H]5CCO5)CC4)n3)cn2n1. The Morgan fingerprint density at radius 3 is 2.70 bits per heavy atom. The summed E-state index contributed by atoms with van der Waals surface area (Å²) in [6.45, 7) is 6.60. The Bertz CT molecular complexity index is 1770. The second kappa shape index (κ2) is 11.8. The minimum absolute atomic E-state index is 0.151. The van der Waals surface area contributed by atoms with Gasteiger partial charge in [-0.1, -0.05) is 19.1 Å². The van der Waals surface area contributed by atoms with Crippen LogP contribution >= 0.6 is 0 Å². The molecule has 0 unspecified atom stereocenters. The summed E-state index contributed by atoms with van der Waals surface area (Å²) in [5, 5.41) is 14.1. The summed E-state index contributed by atoms with van der Waals surface area (Å²) in [7, 11) is 0. The fourth-order valence-corrected chi connectivity index (χ4v) is 6.09. The number of pyridine rings is 2. The first kappa shape index (κ1) is 27.5. The molecular weight excluding hydrogens is 544 g/mol. The molecule has 0 saturated carbocycles. The van der Waals surface area contributed by atoms with Crippen molar-refractivity contribution < 1.29 is 19.4 Å². The minimum atomic E-state index is -0.928. The highest BCUT2D eigenvalue weighted by Gasteiger charge is 2.26. The predicted molar refractivity (Wildman–Crippen MR) is 161 cm³/mol. The van der Waals surface area contributed by atoms with Crippen molar-refractivity contribution in [1.29, 1.82) is 0 Å². The lowest BCUT2D eigenvalue weighted by Crippen LogP contribution is -2.35. The van der Waals surface area contributed by atoms with Gasteiger partial charge in [0.15, 0.2) is 0 Å². The molecule has 4 aromatic heterocycles. The highest BCUT2D eigenvalue weighted by atomic mass is 16.5. The van der Waals surface area contributed by atoms with Crippen molar-refractivity contribution in [2.75, 3.05) is 19.7 Å². The highest BCUT2D eigenvalue weighted by Crippen LogP contribution is 2.30. The van der Waals surface area contributed by atoms with E-state index in [1.807, 2.05) is 28.9 Å². The molecule has 0 bridgehead atoms. The second-order valence-corrected chi connectivity index (χ2v) is 11.6. The van der Waals surface area contributed by atoms with Gasteiger partial charge in [-0.3, -0.25) is 4.90 Å². The minimum Gasteiger partial charge on any atom is -0.478 e. The molecule has 2 saturated heterocycles. The number of likely N-dealkylation sites (tertiary alicyclic amines) is 1. The van der Waals surface area contributed by atoms with E-state index in [2.05, 4.69) is 45.8 Å². The average Bonchev–Trinajstić information content (AvgIpc) is 3.58. The summed E-state index contributed by atoms with van der Waals surface area (Å²) in [5.41, 5.74) is 6.25. The summed E-state index contributed by atoms with van der Waals surface area (Å²) in [4.78, 5) is 23.8. The van der Waals surface area contributed by atoms with Crippen molar-refractivity contribution in [2.45, 2.75) is 64.3 Å². The van der Waals surface area contributed by atoms with Gasteiger partial charge in [0, 0.05) is 36.0 Å². The molecule has 0 radical (unpaired) electrons. The maximum Gasteiger partial charge on any atom is 0.335 e. The van der Waals surface area contributed by atoms with E-state index >= 15 is 0 Å². The Balaban J connectivity index is 0.993. The van der Waals surface area contributed by atoms with Gasteiger partial charge in [-0.25, -0.2) is 19.3 Å². The van der Waals surface area contributed by atoms with Gasteiger partial charge in [-0.2, -0.15) is 5.10 Å². The van der Waals surface area contributed by atoms with E-state index in [4.69, 9.17) is 19.4 Å². The first-order valence-corrected chi connectivity index (χ1v) is 15.2. The monoisotopic (exact) mass is 580 g/mol. The number of benzene rings is 1. The summed E-state index contributed by atoms with van der Waals surface area (Å²) in [6, 6.07) is 17.5. The maximum atomic E-state index is 11.6. The number of hydrogen-bond donors (Lipinski definition) is 1. The first-order valence-electron chi connectivity index (χ1n) is 15.2. The lowest BCUT2D eigenvalue weighted by atomic mass is 9.93. The average molecular weight is 581 g/mol. The topological polar surface area (TPSA) is 107 Å². The summed E-state index contributed by atoms with van der Waals surface area (Å²) >= 11 is 0. The van der Waals surface area contributed by atoms with Gasteiger partial charge in [0.2, 0.25) is 5.88 Å². The number of aromatic nitrogens is 5. The van der Waals surface area contributed by atoms with E-state index in [0.29, 0.717) is 31.5 Å². The smallest absolute Gasteiger partial charge is 0.335 e. The Morgan fingerprint density at radius 1 is 1.07 bits per heavy atom. The molecule has 5 aromatic rings. The second-order valence-electron chi connectivity index (χ2n) is 11.6. The number of hydrogen-bond acceptors (Lipinski definition) is 7. The van der Waals surface area contributed by atoms with Gasteiger partial charge in [-0.05, 0) is 75.2 Å². The van der Waals surface area contributed by atoms with Crippen LogP contribution in [0.15, 0.2) is 60.8 Å². The third kappa shape index (κ3) is 5.85. The van der Waals surface area contributed by atoms with Crippen LogP contribution in [0.5, 0.6) is 5.88 Å². The molecule has 2 aliphatic heterocycles. The summed E-state index contributed by atoms with van der Waals surface area (Å²) < 4.78 is 15.9.